The van der Waals surface area contributed by atoms with Crippen molar-refractivity contribution in [3.63, 3.8) is 0 Å². The highest BCUT2D eigenvalue weighted by atomic mass is 35.5. The highest BCUT2D eigenvalue weighted by Gasteiger charge is 2.53. The molecule has 1 fully saturated rings. The molecule has 1 aliphatic carbocycles. The molecule has 1 heterocycles. The molecular weight excluding hydrogens is 292 g/mol. The number of ether oxygens (including phenoxy) is 2. The van der Waals surface area contributed by atoms with Gasteiger partial charge in [0.05, 0.1) is 11.7 Å². The maximum absolute atomic E-state index is 11.9. The van der Waals surface area contributed by atoms with Crippen LogP contribution in [0.3, 0.4) is 0 Å². The van der Waals surface area contributed by atoms with Gasteiger partial charge in [-0.25, -0.2) is 9.78 Å². The number of alkyl carbamates (subject to hydrolysis) is 1. The monoisotopic (exact) mass is 312 g/mol. The smallest absolute Gasteiger partial charge is 0.408 e. The minimum Gasteiger partial charge on any atom is -0.490 e. The first-order valence-electron chi connectivity index (χ1n) is 6.96. The van der Waals surface area contributed by atoms with E-state index in [1.165, 1.54) is 0 Å². The van der Waals surface area contributed by atoms with Crippen LogP contribution >= 0.6 is 11.6 Å². The average molecular weight is 313 g/mol. The average Bonchev–Trinajstić information content (AvgIpc) is 2.96. The number of rotatable bonds is 4. The van der Waals surface area contributed by atoms with Crippen LogP contribution in [0.25, 0.3) is 0 Å². The summed E-state index contributed by atoms with van der Waals surface area (Å²) in [6, 6.07) is 3.42. The maximum Gasteiger partial charge on any atom is 0.408 e. The summed E-state index contributed by atoms with van der Waals surface area (Å²) in [6.45, 7) is 7.97. The molecule has 2 rings (SSSR count). The second kappa shape index (κ2) is 5.72. The molecule has 21 heavy (non-hydrogen) atoms. The predicted molar refractivity (Wildman–Crippen MR) is 80.6 cm³/mol. The molecule has 6 heteroatoms. The fraction of sp³-hybridized carbons (Fsp3) is 0.600. The van der Waals surface area contributed by atoms with Crippen LogP contribution < -0.4 is 10.1 Å². The van der Waals surface area contributed by atoms with E-state index >= 15 is 0 Å². The van der Waals surface area contributed by atoms with Gasteiger partial charge in [-0.05, 0) is 45.2 Å². The van der Waals surface area contributed by atoms with Gasteiger partial charge < -0.3 is 14.8 Å². The Morgan fingerprint density at radius 3 is 2.67 bits per heavy atom. The van der Waals surface area contributed by atoms with Gasteiger partial charge in [0.2, 0.25) is 0 Å². The number of carbonyl (C=O) groups is 1. The molecule has 1 aromatic heterocycles. The van der Waals surface area contributed by atoms with E-state index in [1.807, 2.05) is 20.8 Å². The first kappa shape index (κ1) is 15.9. The first-order valence-corrected chi connectivity index (χ1v) is 7.33. The van der Waals surface area contributed by atoms with Gasteiger partial charge >= 0.3 is 6.09 Å². The van der Waals surface area contributed by atoms with Crippen LogP contribution in [-0.2, 0) is 4.74 Å². The lowest BCUT2D eigenvalue weighted by atomic mass is 10.2. The van der Waals surface area contributed by atoms with E-state index in [9.17, 15) is 4.79 Å². The molecule has 0 radical (unpaired) electrons. The van der Waals surface area contributed by atoms with Crippen molar-refractivity contribution >= 4 is 17.7 Å². The molecule has 1 aromatic rings. The normalized spacial score (nSPS) is 24.3. The number of carbonyl (C=O) groups excluding carboxylic acids is 1. The Balaban J connectivity index is 1.90. The number of halogens is 1. The lowest BCUT2D eigenvalue weighted by molar-refractivity contribution is 0.0470. The van der Waals surface area contributed by atoms with Gasteiger partial charge in [0, 0.05) is 0 Å². The second-order valence-electron chi connectivity index (χ2n) is 6.49. The van der Waals surface area contributed by atoms with E-state index in [0.717, 1.165) is 6.42 Å². The minimum absolute atomic E-state index is 0.352. The second-order valence-corrected chi connectivity index (χ2v) is 6.88. The summed E-state index contributed by atoms with van der Waals surface area (Å²) in [5, 5.41) is 3.34. The van der Waals surface area contributed by atoms with Crippen LogP contribution in [0.2, 0.25) is 5.15 Å². The van der Waals surface area contributed by atoms with Crippen LogP contribution in [0.4, 0.5) is 4.79 Å². The predicted octanol–water partition coefficient (Wildman–Crippen LogP) is 3.42. The van der Waals surface area contributed by atoms with Crippen molar-refractivity contribution in [3.05, 3.63) is 23.5 Å². The lowest BCUT2D eigenvalue weighted by Crippen LogP contribution is -2.45. The summed E-state index contributed by atoms with van der Waals surface area (Å²) in [5.74, 6) is 0.981. The van der Waals surface area contributed by atoms with Gasteiger partial charge in [0.25, 0.3) is 0 Å². The standard InChI is InChI=1S/C15H21ClN2O3/c1-10-7-15(10,18-13(19)21-14(2,3)4)9-20-11-5-6-12(16)17-8-11/h5-6,8,10H,7,9H2,1-4H3,(H,18,19)/t10-,15+/m0/s1. The molecule has 1 saturated carbocycles. The van der Waals surface area contributed by atoms with Crippen molar-refractivity contribution < 1.29 is 14.3 Å². The van der Waals surface area contributed by atoms with E-state index in [-0.39, 0.29) is 5.54 Å². The van der Waals surface area contributed by atoms with Crippen molar-refractivity contribution in [2.24, 2.45) is 5.92 Å². The Hall–Kier alpha value is -1.49. The molecule has 5 nitrogen and oxygen atoms in total. The van der Waals surface area contributed by atoms with Gasteiger partial charge in [-0.3, -0.25) is 0 Å². The number of aromatic nitrogens is 1. The Morgan fingerprint density at radius 1 is 1.52 bits per heavy atom. The molecule has 0 unspecified atom stereocenters. The van der Waals surface area contributed by atoms with Crippen LogP contribution in [0.15, 0.2) is 18.3 Å². The zero-order chi connectivity index (χ0) is 15.7. The summed E-state index contributed by atoms with van der Waals surface area (Å²) in [5.41, 5.74) is -0.869. The van der Waals surface area contributed by atoms with Crippen molar-refractivity contribution in [1.82, 2.24) is 10.3 Å². The van der Waals surface area contributed by atoms with Crippen molar-refractivity contribution in [1.29, 1.82) is 0 Å². The number of hydrogen-bond acceptors (Lipinski definition) is 4. The summed E-state index contributed by atoms with van der Waals surface area (Å²) < 4.78 is 11.0. The number of nitrogens with one attached hydrogen (secondary N) is 1. The number of nitrogens with zero attached hydrogens (tertiary/aromatic N) is 1. The van der Waals surface area contributed by atoms with Gasteiger partial charge in [-0.15, -0.1) is 0 Å². The van der Waals surface area contributed by atoms with Crippen molar-refractivity contribution in [3.8, 4) is 5.75 Å². The number of amides is 1. The summed E-state index contributed by atoms with van der Waals surface area (Å²) in [6.07, 6.45) is 2.02. The molecule has 0 spiro atoms. The molecule has 0 aromatic carbocycles. The fourth-order valence-electron chi connectivity index (χ4n) is 2.07. The quantitative estimate of drug-likeness (QED) is 0.865. The zero-order valence-corrected chi connectivity index (χ0v) is 13.5. The van der Waals surface area contributed by atoms with E-state index in [2.05, 4.69) is 17.2 Å². The number of hydrogen-bond donors (Lipinski definition) is 1. The Bertz CT molecular complexity index is 513. The molecule has 0 saturated heterocycles. The SMILES string of the molecule is C[C@H]1C[C@]1(COc1ccc(Cl)nc1)NC(=O)OC(C)(C)C. The highest BCUT2D eigenvalue weighted by Crippen LogP contribution is 2.43. The van der Waals surface area contributed by atoms with Crippen LogP contribution in [-0.4, -0.2) is 28.8 Å². The van der Waals surface area contributed by atoms with Gasteiger partial charge in [-0.2, -0.15) is 0 Å². The van der Waals surface area contributed by atoms with Crippen LogP contribution in [0.5, 0.6) is 5.75 Å². The summed E-state index contributed by atoms with van der Waals surface area (Å²) >= 11 is 5.73. The van der Waals surface area contributed by atoms with Gasteiger partial charge in [0.15, 0.2) is 0 Å². The Kier molecular flexibility index (Phi) is 4.33. The Labute approximate surface area is 130 Å². The lowest BCUT2D eigenvalue weighted by Gasteiger charge is -2.24. The Morgan fingerprint density at radius 2 is 2.19 bits per heavy atom. The zero-order valence-electron chi connectivity index (χ0n) is 12.8. The summed E-state index contributed by atoms with van der Waals surface area (Å²) in [4.78, 5) is 15.9. The fourth-order valence-corrected chi connectivity index (χ4v) is 2.18. The third-order valence-corrected chi connectivity index (χ3v) is 3.62. The first-order chi connectivity index (χ1) is 9.70. The van der Waals surface area contributed by atoms with Crippen molar-refractivity contribution in [2.75, 3.05) is 6.61 Å². The third-order valence-electron chi connectivity index (χ3n) is 3.40. The molecule has 1 N–H and O–H groups in total. The van der Waals surface area contributed by atoms with Crippen molar-refractivity contribution in [2.45, 2.75) is 45.3 Å². The van der Waals surface area contributed by atoms with Crippen LogP contribution in [0.1, 0.15) is 34.1 Å². The maximum atomic E-state index is 11.9. The molecule has 0 aliphatic heterocycles. The molecule has 116 valence electrons. The third kappa shape index (κ3) is 4.49. The topological polar surface area (TPSA) is 60.5 Å². The number of pyridine rings is 1. The van der Waals surface area contributed by atoms with E-state index in [0.29, 0.717) is 23.4 Å². The molecule has 1 aliphatic rings. The van der Waals surface area contributed by atoms with Crippen LogP contribution in [0, 0.1) is 5.92 Å². The summed E-state index contributed by atoms with van der Waals surface area (Å²) in [7, 11) is 0. The highest BCUT2D eigenvalue weighted by molar-refractivity contribution is 6.29. The van der Waals surface area contributed by atoms with Gasteiger partial charge in [0.1, 0.15) is 23.1 Å². The minimum atomic E-state index is -0.510. The molecule has 0 bridgehead atoms. The van der Waals surface area contributed by atoms with E-state index in [4.69, 9.17) is 21.1 Å². The van der Waals surface area contributed by atoms with E-state index < -0.39 is 11.7 Å². The molecule has 2 atom stereocenters. The van der Waals surface area contributed by atoms with Gasteiger partial charge in [-0.1, -0.05) is 18.5 Å². The largest absolute Gasteiger partial charge is 0.490 e. The molecule has 1 amide bonds. The van der Waals surface area contributed by atoms with E-state index in [1.54, 1.807) is 18.3 Å². The molecular formula is C15H21ClN2O3.